The van der Waals surface area contributed by atoms with Crippen LogP contribution in [0, 0.1) is 0 Å². The summed E-state index contributed by atoms with van der Waals surface area (Å²) in [5, 5.41) is 2.21. The molecule has 1 heterocycles. The van der Waals surface area contributed by atoms with E-state index in [4.69, 9.17) is 0 Å². The number of aromatic amines is 1. The number of hydrogen-bond donors (Lipinski definition) is 1. The highest BCUT2D eigenvalue weighted by Gasteiger charge is 1.94. The van der Waals surface area contributed by atoms with Gasteiger partial charge in [-0.2, -0.15) is 0 Å². The summed E-state index contributed by atoms with van der Waals surface area (Å²) in [6.45, 7) is 0. The van der Waals surface area contributed by atoms with Gasteiger partial charge in [-0.05, 0) is 16.8 Å². The molecule has 2 aromatic rings. The summed E-state index contributed by atoms with van der Waals surface area (Å²) in [5.74, 6) is 0. The molecule has 0 aliphatic rings. The van der Waals surface area contributed by atoms with Crippen LogP contribution in [0.2, 0.25) is 0 Å². The molecule has 0 spiro atoms. The second-order valence-corrected chi connectivity index (χ2v) is 2.46. The maximum Gasteiger partial charge on any atom is 0.150 e. The van der Waals surface area contributed by atoms with Crippen molar-refractivity contribution in [2.24, 2.45) is 0 Å². The maximum atomic E-state index is 10.4. The molecule has 1 aromatic heterocycles. The molecule has 2 rings (SSSR count). The van der Waals surface area contributed by atoms with Crippen LogP contribution in [0.1, 0.15) is 10.4 Å². The number of nitrogens with one attached hydrogen (secondary N) is 1. The molecular formula is C9H7NO. The van der Waals surface area contributed by atoms with E-state index in [1.54, 1.807) is 0 Å². The van der Waals surface area contributed by atoms with Gasteiger partial charge in [-0.1, -0.05) is 12.1 Å². The molecule has 0 aliphatic carbocycles. The van der Waals surface area contributed by atoms with Gasteiger partial charge in [-0.25, -0.2) is 0 Å². The van der Waals surface area contributed by atoms with Crippen LogP contribution in [0.15, 0.2) is 30.6 Å². The Balaban J connectivity index is 2.76. The van der Waals surface area contributed by atoms with E-state index < -0.39 is 0 Å². The van der Waals surface area contributed by atoms with Crippen molar-refractivity contribution in [2.45, 2.75) is 0 Å². The SMILES string of the molecule is O=Cc1ccc2c[nH]cc2c1. The zero-order valence-corrected chi connectivity index (χ0v) is 5.87. The first-order chi connectivity index (χ1) is 5.40. The van der Waals surface area contributed by atoms with E-state index in [2.05, 4.69) is 4.98 Å². The van der Waals surface area contributed by atoms with Gasteiger partial charge in [0.15, 0.2) is 0 Å². The van der Waals surface area contributed by atoms with E-state index in [-0.39, 0.29) is 0 Å². The fourth-order valence-electron chi connectivity index (χ4n) is 1.14. The topological polar surface area (TPSA) is 32.9 Å². The van der Waals surface area contributed by atoms with Gasteiger partial charge in [-0.3, -0.25) is 4.79 Å². The van der Waals surface area contributed by atoms with Crippen molar-refractivity contribution in [1.29, 1.82) is 0 Å². The monoisotopic (exact) mass is 145 g/mol. The van der Waals surface area contributed by atoms with Gasteiger partial charge in [0.05, 0.1) is 0 Å². The predicted octanol–water partition coefficient (Wildman–Crippen LogP) is 1.98. The zero-order chi connectivity index (χ0) is 7.68. The van der Waals surface area contributed by atoms with Crippen molar-refractivity contribution < 1.29 is 4.79 Å². The number of aldehydes is 1. The third kappa shape index (κ3) is 0.923. The van der Waals surface area contributed by atoms with Gasteiger partial charge >= 0.3 is 0 Å². The molecule has 0 saturated carbocycles. The third-order valence-electron chi connectivity index (χ3n) is 1.72. The van der Waals surface area contributed by atoms with Gasteiger partial charge in [0, 0.05) is 18.0 Å². The Morgan fingerprint density at radius 2 is 2.00 bits per heavy atom. The van der Waals surface area contributed by atoms with E-state index in [1.165, 1.54) is 0 Å². The summed E-state index contributed by atoms with van der Waals surface area (Å²) < 4.78 is 0. The van der Waals surface area contributed by atoms with E-state index in [1.807, 2.05) is 30.6 Å². The number of fused-ring (bicyclic) bond motifs is 1. The van der Waals surface area contributed by atoms with Crippen molar-refractivity contribution >= 4 is 17.1 Å². The molecule has 0 radical (unpaired) electrons. The molecule has 0 aliphatic heterocycles. The Bertz CT molecular complexity index is 389. The van der Waals surface area contributed by atoms with Crippen LogP contribution in [0.5, 0.6) is 0 Å². The molecule has 0 unspecified atom stereocenters. The lowest BCUT2D eigenvalue weighted by atomic mass is 10.1. The average Bonchev–Trinajstić information content (AvgIpc) is 2.50. The van der Waals surface area contributed by atoms with Gasteiger partial charge in [0.2, 0.25) is 0 Å². The lowest BCUT2D eigenvalue weighted by Gasteiger charge is -1.89. The first-order valence-corrected chi connectivity index (χ1v) is 3.42. The van der Waals surface area contributed by atoms with Crippen molar-refractivity contribution in [3.63, 3.8) is 0 Å². The standard InChI is InChI=1S/C9H7NO/c11-6-7-1-2-8-4-10-5-9(8)3-7/h1-6,10H. The van der Waals surface area contributed by atoms with Crippen LogP contribution in [0.4, 0.5) is 0 Å². The van der Waals surface area contributed by atoms with E-state index in [0.29, 0.717) is 0 Å². The second-order valence-electron chi connectivity index (χ2n) is 2.46. The first kappa shape index (κ1) is 6.16. The summed E-state index contributed by atoms with van der Waals surface area (Å²) in [4.78, 5) is 13.3. The van der Waals surface area contributed by atoms with Crippen LogP contribution in [0.3, 0.4) is 0 Å². The number of rotatable bonds is 1. The number of aromatic nitrogens is 1. The van der Waals surface area contributed by atoms with E-state index >= 15 is 0 Å². The molecule has 2 nitrogen and oxygen atoms in total. The minimum Gasteiger partial charge on any atom is -0.366 e. The highest BCUT2D eigenvalue weighted by molar-refractivity contribution is 5.88. The quantitative estimate of drug-likeness (QED) is 0.611. The molecule has 0 amide bonds. The Morgan fingerprint density at radius 3 is 2.82 bits per heavy atom. The molecule has 11 heavy (non-hydrogen) atoms. The minimum atomic E-state index is 0.720. The Kier molecular flexibility index (Phi) is 1.25. The number of carbonyl (C=O) groups is 1. The Labute approximate surface area is 63.8 Å². The highest BCUT2D eigenvalue weighted by atomic mass is 16.1. The molecule has 1 N–H and O–H groups in total. The molecule has 0 saturated heterocycles. The summed E-state index contributed by atoms with van der Waals surface area (Å²) in [6.07, 6.45) is 4.64. The number of benzene rings is 1. The zero-order valence-electron chi connectivity index (χ0n) is 5.87. The molecule has 0 atom stereocenters. The molecule has 0 fully saturated rings. The largest absolute Gasteiger partial charge is 0.366 e. The summed E-state index contributed by atoms with van der Waals surface area (Å²) >= 11 is 0. The summed E-state index contributed by atoms with van der Waals surface area (Å²) in [7, 11) is 0. The highest BCUT2D eigenvalue weighted by Crippen LogP contribution is 2.13. The molecule has 0 bridgehead atoms. The van der Waals surface area contributed by atoms with Gasteiger partial charge in [0.25, 0.3) is 0 Å². The van der Waals surface area contributed by atoms with Gasteiger partial charge in [-0.15, -0.1) is 0 Å². The molecule has 54 valence electrons. The van der Waals surface area contributed by atoms with Crippen molar-refractivity contribution in [2.75, 3.05) is 0 Å². The predicted molar refractivity (Wildman–Crippen MR) is 43.7 cm³/mol. The van der Waals surface area contributed by atoms with Crippen LogP contribution in [-0.4, -0.2) is 11.3 Å². The Hall–Kier alpha value is -1.57. The fourth-order valence-corrected chi connectivity index (χ4v) is 1.14. The van der Waals surface area contributed by atoms with Crippen LogP contribution in [-0.2, 0) is 0 Å². The lowest BCUT2D eigenvalue weighted by molar-refractivity contribution is 0.112. The minimum absolute atomic E-state index is 0.720. The average molecular weight is 145 g/mol. The van der Waals surface area contributed by atoms with Crippen molar-refractivity contribution in [3.05, 3.63) is 36.2 Å². The molecular weight excluding hydrogens is 138 g/mol. The first-order valence-electron chi connectivity index (χ1n) is 3.42. The maximum absolute atomic E-state index is 10.4. The van der Waals surface area contributed by atoms with E-state index in [9.17, 15) is 4.79 Å². The van der Waals surface area contributed by atoms with Crippen molar-refractivity contribution in [1.82, 2.24) is 4.98 Å². The van der Waals surface area contributed by atoms with Gasteiger partial charge < -0.3 is 4.98 Å². The number of hydrogen-bond acceptors (Lipinski definition) is 1. The Morgan fingerprint density at radius 1 is 1.18 bits per heavy atom. The number of carbonyl (C=O) groups excluding carboxylic acids is 1. The normalized spacial score (nSPS) is 10.2. The van der Waals surface area contributed by atoms with Crippen LogP contribution < -0.4 is 0 Å². The summed E-state index contributed by atoms with van der Waals surface area (Å²) in [5.41, 5.74) is 0.720. The smallest absolute Gasteiger partial charge is 0.150 e. The molecule has 2 heteroatoms. The van der Waals surface area contributed by atoms with Crippen molar-refractivity contribution in [3.8, 4) is 0 Å². The lowest BCUT2D eigenvalue weighted by Crippen LogP contribution is -1.75. The number of H-pyrrole nitrogens is 1. The summed E-state index contributed by atoms with van der Waals surface area (Å²) in [6, 6.07) is 5.59. The van der Waals surface area contributed by atoms with Gasteiger partial charge in [0.1, 0.15) is 6.29 Å². The fraction of sp³-hybridized carbons (Fsp3) is 0. The van der Waals surface area contributed by atoms with Crippen LogP contribution >= 0.6 is 0 Å². The third-order valence-corrected chi connectivity index (χ3v) is 1.72. The van der Waals surface area contributed by atoms with Crippen LogP contribution in [0.25, 0.3) is 10.8 Å². The van der Waals surface area contributed by atoms with E-state index in [0.717, 1.165) is 22.6 Å². The molecule has 1 aromatic carbocycles. The second kappa shape index (κ2) is 2.23.